The highest BCUT2D eigenvalue weighted by Gasteiger charge is 2.45. The maximum atomic E-state index is 10.4. The Morgan fingerprint density at radius 3 is 2.00 bits per heavy atom. The van der Waals surface area contributed by atoms with Crippen LogP contribution in [0.4, 0.5) is 0 Å². The zero-order valence-electron chi connectivity index (χ0n) is 5.07. The molecule has 0 bridgehead atoms. The Morgan fingerprint density at radius 2 is 1.90 bits per heavy atom. The molecule has 6 heteroatoms. The number of hydrogen-bond acceptors (Lipinski definition) is 4. The first kappa shape index (κ1) is 9.69. The molecular weight excluding hydrogens is 176 g/mol. The number of rotatable bonds is 0. The number of nitriles is 1. The van der Waals surface area contributed by atoms with E-state index in [-0.39, 0.29) is 23.9 Å². The van der Waals surface area contributed by atoms with Crippen molar-refractivity contribution in [1.29, 1.82) is 5.26 Å². The zero-order chi connectivity index (χ0) is 7.12. The summed E-state index contributed by atoms with van der Waals surface area (Å²) in [5.41, 5.74) is 4.15. The topological polar surface area (TPSA) is 83.9 Å². The molecule has 1 aliphatic heterocycles. The van der Waals surface area contributed by atoms with Crippen LogP contribution in [0.3, 0.4) is 0 Å². The Morgan fingerprint density at radius 1 is 1.50 bits per heavy atom. The maximum absolute atomic E-state index is 10.4. The molecule has 0 saturated carbocycles. The molecule has 0 radical (unpaired) electrons. The van der Waals surface area contributed by atoms with E-state index in [1.54, 1.807) is 6.07 Å². The van der Waals surface area contributed by atoms with E-state index in [1.165, 1.54) is 0 Å². The summed E-state index contributed by atoms with van der Waals surface area (Å²) >= 11 is 0. The van der Waals surface area contributed by atoms with Gasteiger partial charge in [0.05, 0.1) is 17.6 Å². The fourth-order valence-corrected chi connectivity index (χ4v) is 2.42. The second-order valence-electron chi connectivity index (χ2n) is 2.30. The number of nitrogens with zero attached hydrogens (tertiary/aromatic N) is 1. The average Bonchev–Trinajstić information content (AvgIpc) is 1.61. The van der Waals surface area contributed by atoms with Crippen LogP contribution < -0.4 is 5.73 Å². The van der Waals surface area contributed by atoms with Crippen LogP contribution in [0.15, 0.2) is 0 Å². The summed E-state index contributed by atoms with van der Waals surface area (Å²) in [6.07, 6.45) is 0. The van der Waals surface area contributed by atoms with Crippen LogP contribution in [0, 0.1) is 11.3 Å². The molecular formula is C4H7ClN2O2S. The van der Waals surface area contributed by atoms with Crippen LogP contribution in [0.25, 0.3) is 0 Å². The number of halogens is 1. The van der Waals surface area contributed by atoms with Crippen molar-refractivity contribution in [3.05, 3.63) is 0 Å². The fraction of sp³-hybridized carbons (Fsp3) is 0.750. The van der Waals surface area contributed by atoms with E-state index in [9.17, 15) is 8.42 Å². The molecule has 1 aliphatic rings. The Hall–Kier alpha value is -0.310. The summed E-state index contributed by atoms with van der Waals surface area (Å²) in [5.74, 6) is -0.368. The predicted molar refractivity (Wildman–Crippen MR) is 38.4 cm³/mol. The summed E-state index contributed by atoms with van der Waals surface area (Å²) in [5, 5.41) is 8.24. The van der Waals surface area contributed by atoms with Gasteiger partial charge in [-0.05, 0) is 0 Å². The van der Waals surface area contributed by atoms with Gasteiger partial charge in [-0.25, -0.2) is 8.42 Å². The lowest BCUT2D eigenvalue weighted by molar-refractivity contribution is 0.527. The Kier molecular flexibility index (Phi) is 2.31. The molecule has 0 aromatic rings. The van der Waals surface area contributed by atoms with Crippen LogP contribution in [-0.4, -0.2) is 25.5 Å². The van der Waals surface area contributed by atoms with Crippen molar-refractivity contribution >= 4 is 22.2 Å². The van der Waals surface area contributed by atoms with Crippen LogP contribution in [0.5, 0.6) is 0 Å². The molecule has 1 saturated heterocycles. The molecule has 2 N–H and O–H groups in total. The highest BCUT2D eigenvalue weighted by Crippen LogP contribution is 2.18. The number of nitrogens with two attached hydrogens (primary N) is 1. The third kappa shape index (κ3) is 1.59. The quantitative estimate of drug-likeness (QED) is 0.524. The van der Waals surface area contributed by atoms with Gasteiger partial charge in [-0.3, -0.25) is 0 Å². The monoisotopic (exact) mass is 182 g/mol. The molecule has 0 aromatic carbocycles. The summed E-state index contributed by atoms with van der Waals surface area (Å²) in [7, 11) is -2.95. The van der Waals surface area contributed by atoms with Crippen molar-refractivity contribution < 1.29 is 8.42 Å². The summed E-state index contributed by atoms with van der Waals surface area (Å²) < 4.78 is 20.9. The van der Waals surface area contributed by atoms with Crippen LogP contribution in [0.1, 0.15) is 0 Å². The molecule has 0 atom stereocenters. The first-order valence-corrected chi connectivity index (χ1v) is 4.20. The Balaban J connectivity index is 0.000000810. The van der Waals surface area contributed by atoms with Crippen LogP contribution in [0.2, 0.25) is 0 Å². The van der Waals surface area contributed by atoms with Crippen molar-refractivity contribution in [2.24, 2.45) is 5.73 Å². The molecule has 1 heterocycles. The minimum Gasteiger partial charge on any atom is -0.312 e. The second-order valence-corrected chi connectivity index (χ2v) is 4.36. The fourth-order valence-electron chi connectivity index (χ4n) is 0.807. The van der Waals surface area contributed by atoms with Crippen molar-refractivity contribution in [2.75, 3.05) is 11.5 Å². The van der Waals surface area contributed by atoms with Gasteiger partial charge in [0.25, 0.3) is 0 Å². The SMILES string of the molecule is Cl.N#CC1(N)CS(=O)(=O)C1. The van der Waals surface area contributed by atoms with E-state index < -0.39 is 15.4 Å². The van der Waals surface area contributed by atoms with Gasteiger partial charge in [-0.2, -0.15) is 5.26 Å². The summed E-state index contributed by atoms with van der Waals surface area (Å²) in [6.45, 7) is 0. The van der Waals surface area contributed by atoms with Gasteiger partial charge in [0.2, 0.25) is 0 Å². The van der Waals surface area contributed by atoms with Crippen molar-refractivity contribution in [2.45, 2.75) is 5.54 Å². The Bertz CT molecular complexity index is 253. The standard InChI is InChI=1S/C4H6N2O2S.ClH/c5-1-4(6)2-9(7,8)3-4;/h2-3,6H2;1H. The number of sulfone groups is 1. The molecule has 4 nitrogen and oxygen atoms in total. The molecule has 0 aliphatic carbocycles. The lowest BCUT2D eigenvalue weighted by Gasteiger charge is -2.29. The van der Waals surface area contributed by atoms with E-state index >= 15 is 0 Å². The second kappa shape index (κ2) is 2.38. The summed E-state index contributed by atoms with van der Waals surface area (Å²) in [6, 6.07) is 1.73. The van der Waals surface area contributed by atoms with Gasteiger partial charge in [-0.15, -0.1) is 12.4 Å². The summed E-state index contributed by atoms with van der Waals surface area (Å²) in [4.78, 5) is 0. The average molecular weight is 183 g/mol. The van der Waals surface area contributed by atoms with Crippen molar-refractivity contribution in [3.8, 4) is 6.07 Å². The first-order chi connectivity index (χ1) is 3.97. The minimum atomic E-state index is -2.95. The molecule has 0 spiro atoms. The van der Waals surface area contributed by atoms with Gasteiger partial charge < -0.3 is 5.73 Å². The maximum Gasteiger partial charge on any atom is 0.156 e. The largest absolute Gasteiger partial charge is 0.312 e. The molecule has 1 fully saturated rings. The molecule has 1 rings (SSSR count). The molecule has 58 valence electrons. The van der Waals surface area contributed by atoms with Gasteiger partial charge in [0, 0.05) is 0 Å². The van der Waals surface area contributed by atoms with E-state index in [1.807, 2.05) is 0 Å². The van der Waals surface area contributed by atoms with Gasteiger partial charge >= 0.3 is 0 Å². The minimum absolute atomic E-state index is 0. The smallest absolute Gasteiger partial charge is 0.156 e. The molecule has 10 heavy (non-hydrogen) atoms. The van der Waals surface area contributed by atoms with Gasteiger partial charge in [0.1, 0.15) is 5.54 Å². The van der Waals surface area contributed by atoms with Crippen molar-refractivity contribution in [1.82, 2.24) is 0 Å². The molecule has 0 unspecified atom stereocenters. The highest BCUT2D eigenvalue weighted by atomic mass is 35.5. The first-order valence-electron chi connectivity index (χ1n) is 2.38. The predicted octanol–water partition coefficient (Wildman–Crippen LogP) is -0.942. The molecule has 0 aromatic heterocycles. The Labute approximate surface area is 65.3 Å². The highest BCUT2D eigenvalue weighted by molar-refractivity contribution is 7.93. The third-order valence-electron chi connectivity index (χ3n) is 1.18. The van der Waals surface area contributed by atoms with Gasteiger partial charge in [-0.1, -0.05) is 0 Å². The lowest BCUT2D eigenvalue weighted by atomic mass is 10.1. The normalized spacial score (nSPS) is 25.2. The van der Waals surface area contributed by atoms with E-state index in [2.05, 4.69) is 0 Å². The van der Waals surface area contributed by atoms with E-state index in [4.69, 9.17) is 11.0 Å². The van der Waals surface area contributed by atoms with E-state index in [0.717, 1.165) is 0 Å². The van der Waals surface area contributed by atoms with Gasteiger partial charge in [0.15, 0.2) is 9.84 Å². The zero-order valence-corrected chi connectivity index (χ0v) is 6.70. The lowest BCUT2D eigenvalue weighted by Crippen LogP contribution is -2.60. The molecule has 0 amide bonds. The number of hydrogen-bond donors (Lipinski definition) is 1. The van der Waals surface area contributed by atoms with Crippen LogP contribution >= 0.6 is 12.4 Å². The van der Waals surface area contributed by atoms with E-state index in [0.29, 0.717) is 0 Å². The van der Waals surface area contributed by atoms with Crippen molar-refractivity contribution in [3.63, 3.8) is 0 Å². The third-order valence-corrected chi connectivity index (χ3v) is 3.09. The van der Waals surface area contributed by atoms with Crippen LogP contribution in [-0.2, 0) is 9.84 Å².